The number of hydroxylamine groups is 2. The van der Waals surface area contributed by atoms with Crippen LogP contribution in [0, 0.1) is 0 Å². The molecule has 0 aliphatic rings. The molecule has 0 aromatic rings. The van der Waals surface area contributed by atoms with Crippen LogP contribution in [0.4, 0.5) is 0 Å². The SMILES string of the molecule is CCCCCCCCCCCCON(CCC(=O)O)CC(=O)O. The molecule has 23 heavy (non-hydrogen) atoms. The fraction of sp³-hybridized carbons (Fsp3) is 0.882. The molecule has 0 aliphatic heterocycles. The predicted molar refractivity (Wildman–Crippen MR) is 89.3 cm³/mol. The normalized spacial score (nSPS) is 11.0. The van der Waals surface area contributed by atoms with E-state index in [1.807, 2.05) is 0 Å². The summed E-state index contributed by atoms with van der Waals surface area (Å²) in [6.45, 7) is 2.48. The molecule has 0 saturated heterocycles. The molecule has 6 heteroatoms. The van der Waals surface area contributed by atoms with Crippen LogP contribution in [0.15, 0.2) is 0 Å². The zero-order chi connectivity index (χ0) is 17.3. The minimum atomic E-state index is -1.02. The molecule has 0 unspecified atom stereocenters. The van der Waals surface area contributed by atoms with Gasteiger partial charge in [0, 0.05) is 6.54 Å². The van der Waals surface area contributed by atoms with Gasteiger partial charge < -0.3 is 10.2 Å². The van der Waals surface area contributed by atoms with Crippen molar-refractivity contribution in [2.24, 2.45) is 0 Å². The van der Waals surface area contributed by atoms with Gasteiger partial charge in [-0.15, -0.1) is 0 Å². The lowest BCUT2D eigenvalue weighted by Crippen LogP contribution is -2.32. The lowest BCUT2D eigenvalue weighted by Gasteiger charge is -2.18. The first kappa shape index (κ1) is 21.9. The maximum absolute atomic E-state index is 10.7. The minimum absolute atomic E-state index is 0.0966. The van der Waals surface area contributed by atoms with Crippen molar-refractivity contribution in [2.75, 3.05) is 19.7 Å². The molecular formula is C17H33NO5. The second-order valence-electron chi connectivity index (χ2n) is 5.92. The second kappa shape index (κ2) is 15.7. The number of nitrogens with zero attached hydrogens (tertiary/aromatic N) is 1. The van der Waals surface area contributed by atoms with Crippen molar-refractivity contribution >= 4 is 11.9 Å². The maximum Gasteiger partial charge on any atom is 0.320 e. The highest BCUT2D eigenvalue weighted by Gasteiger charge is 2.11. The van der Waals surface area contributed by atoms with Crippen LogP contribution in [0.3, 0.4) is 0 Å². The summed E-state index contributed by atoms with van der Waals surface area (Å²) >= 11 is 0. The van der Waals surface area contributed by atoms with Crippen LogP contribution in [-0.2, 0) is 14.4 Å². The van der Waals surface area contributed by atoms with E-state index in [1.165, 1.54) is 56.4 Å². The number of aliphatic carboxylic acids is 2. The van der Waals surface area contributed by atoms with Crippen molar-refractivity contribution < 1.29 is 24.6 Å². The summed E-state index contributed by atoms with van der Waals surface area (Å²) in [5.41, 5.74) is 0. The van der Waals surface area contributed by atoms with Gasteiger partial charge in [0.05, 0.1) is 13.0 Å². The van der Waals surface area contributed by atoms with Crippen LogP contribution in [0.1, 0.15) is 77.6 Å². The summed E-state index contributed by atoms with van der Waals surface area (Å²) in [7, 11) is 0. The zero-order valence-corrected chi connectivity index (χ0v) is 14.5. The number of hydrogen-bond acceptors (Lipinski definition) is 4. The molecule has 0 rings (SSSR count). The molecular weight excluding hydrogens is 298 g/mol. The standard InChI is InChI=1S/C17H33NO5/c1-2-3-4-5-6-7-8-9-10-11-14-23-18(15-17(21)22)13-12-16(19)20/h2-15H2,1H3,(H,19,20)(H,21,22). The summed E-state index contributed by atoms with van der Waals surface area (Å²) < 4.78 is 0. The number of unbranched alkanes of at least 4 members (excludes halogenated alkanes) is 9. The van der Waals surface area contributed by atoms with Gasteiger partial charge in [0.2, 0.25) is 0 Å². The minimum Gasteiger partial charge on any atom is -0.481 e. The molecule has 0 atom stereocenters. The van der Waals surface area contributed by atoms with Crippen molar-refractivity contribution in [1.82, 2.24) is 5.06 Å². The molecule has 0 heterocycles. The molecule has 0 amide bonds. The van der Waals surface area contributed by atoms with Crippen LogP contribution in [0.2, 0.25) is 0 Å². The first-order chi connectivity index (χ1) is 11.1. The molecule has 0 aromatic carbocycles. The van der Waals surface area contributed by atoms with E-state index in [0.717, 1.165) is 12.8 Å². The van der Waals surface area contributed by atoms with E-state index in [2.05, 4.69) is 6.92 Å². The fourth-order valence-electron chi connectivity index (χ4n) is 2.34. The maximum atomic E-state index is 10.7. The molecule has 0 saturated carbocycles. The summed E-state index contributed by atoms with van der Waals surface area (Å²) in [4.78, 5) is 26.6. The van der Waals surface area contributed by atoms with Crippen LogP contribution in [0.5, 0.6) is 0 Å². The summed E-state index contributed by atoms with van der Waals surface area (Å²) in [5.74, 6) is -1.97. The highest BCUT2D eigenvalue weighted by atomic mass is 16.7. The van der Waals surface area contributed by atoms with E-state index in [9.17, 15) is 9.59 Å². The Bertz CT molecular complexity index is 309. The number of carboxylic acids is 2. The van der Waals surface area contributed by atoms with Gasteiger partial charge in [-0.3, -0.25) is 14.4 Å². The smallest absolute Gasteiger partial charge is 0.320 e. The van der Waals surface area contributed by atoms with Crippen LogP contribution < -0.4 is 0 Å². The average Bonchev–Trinajstić information content (AvgIpc) is 2.49. The Morgan fingerprint density at radius 1 is 0.826 bits per heavy atom. The van der Waals surface area contributed by atoms with Gasteiger partial charge >= 0.3 is 11.9 Å². The van der Waals surface area contributed by atoms with Gasteiger partial charge in [0.15, 0.2) is 0 Å². The molecule has 6 nitrogen and oxygen atoms in total. The number of carbonyl (C=O) groups is 2. The van der Waals surface area contributed by atoms with E-state index in [0.29, 0.717) is 6.61 Å². The molecule has 136 valence electrons. The molecule has 0 bridgehead atoms. The van der Waals surface area contributed by atoms with E-state index < -0.39 is 11.9 Å². The third-order valence-corrected chi connectivity index (χ3v) is 3.66. The monoisotopic (exact) mass is 331 g/mol. The summed E-state index contributed by atoms with van der Waals surface area (Å²) in [5, 5.41) is 18.6. The lowest BCUT2D eigenvalue weighted by molar-refractivity contribution is -0.180. The van der Waals surface area contributed by atoms with E-state index in [-0.39, 0.29) is 19.5 Å². The Morgan fingerprint density at radius 3 is 1.83 bits per heavy atom. The molecule has 0 aromatic heterocycles. The van der Waals surface area contributed by atoms with Crippen molar-refractivity contribution in [1.29, 1.82) is 0 Å². The fourth-order valence-corrected chi connectivity index (χ4v) is 2.34. The zero-order valence-electron chi connectivity index (χ0n) is 14.5. The number of hydrogen-bond donors (Lipinski definition) is 2. The molecule has 0 radical (unpaired) electrons. The van der Waals surface area contributed by atoms with Crippen LogP contribution in [0.25, 0.3) is 0 Å². The van der Waals surface area contributed by atoms with Gasteiger partial charge in [0.25, 0.3) is 0 Å². The Morgan fingerprint density at radius 2 is 1.35 bits per heavy atom. The lowest BCUT2D eigenvalue weighted by atomic mass is 10.1. The first-order valence-corrected chi connectivity index (χ1v) is 8.87. The molecule has 0 aliphatic carbocycles. The van der Waals surface area contributed by atoms with Gasteiger partial charge in [-0.1, -0.05) is 64.7 Å². The van der Waals surface area contributed by atoms with Gasteiger partial charge in [-0.25, -0.2) is 0 Å². The Kier molecular flexibility index (Phi) is 15.0. The largest absolute Gasteiger partial charge is 0.481 e. The Hall–Kier alpha value is -1.14. The Labute approximate surface area is 139 Å². The topological polar surface area (TPSA) is 87.1 Å². The second-order valence-corrected chi connectivity index (χ2v) is 5.92. The highest BCUT2D eigenvalue weighted by molar-refractivity contribution is 5.69. The van der Waals surface area contributed by atoms with E-state index >= 15 is 0 Å². The number of carboxylic acid groups (broad SMARTS) is 2. The van der Waals surface area contributed by atoms with Gasteiger partial charge in [-0.05, 0) is 6.42 Å². The summed E-state index contributed by atoms with van der Waals surface area (Å²) in [6.07, 6.45) is 12.1. The van der Waals surface area contributed by atoms with Crippen molar-refractivity contribution in [2.45, 2.75) is 77.6 Å². The average molecular weight is 331 g/mol. The molecule has 0 fully saturated rings. The van der Waals surface area contributed by atoms with Crippen molar-refractivity contribution in [3.8, 4) is 0 Å². The summed E-state index contributed by atoms with van der Waals surface area (Å²) in [6, 6.07) is 0. The van der Waals surface area contributed by atoms with Crippen LogP contribution in [-0.4, -0.2) is 46.9 Å². The number of rotatable bonds is 17. The first-order valence-electron chi connectivity index (χ1n) is 8.87. The Balaban J connectivity index is 3.50. The van der Waals surface area contributed by atoms with Crippen molar-refractivity contribution in [3.05, 3.63) is 0 Å². The van der Waals surface area contributed by atoms with E-state index in [4.69, 9.17) is 15.1 Å². The van der Waals surface area contributed by atoms with E-state index in [1.54, 1.807) is 0 Å². The van der Waals surface area contributed by atoms with Gasteiger partial charge in [-0.2, -0.15) is 5.06 Å². The predicted octanol–water partition coefficient (Wildman–Crippen LogP) is 3.70. The van der Waals surface area contributed by atoms with Crippen LogP contribution >= 0.6 is 0 Å². The molecule has 2 N–H and O–H groups in total. The molecule has 0 spiro atoms. The third kappa shape index (κ3) is 17.1. The highest BCUT2D eigenvalue weighted by Crippen LogP contribution is 2.10. The third-order valence-electron chi connectivity index (χ3n) is 3.66. The van der Waals surface area contributed by atoms with Crippen molar-refractivity contribution in [3.63, 3.8) is 0 Å². The van der Waals surface area contributed by atoms with Gasteiger partial charge in [0.1, 0.15) is 6.54 Å². The quantitative estimate of drug-likeness (QED) is 0.312.